The summed E-state index contributed by atoms with van der Waals surface area (Å²) in [6.07, 6.45) is 0.259. The molecule has 17 nitrogen and oxygen atoms in total. The van der Waals surface area contributed by atoms with Crippen LogP contribution in [0.1, 0.15) is 71.3 Å². The number of nitrogens with zero attached hydrogens (tertiary/aromatic N) is 2. The molecule has 2 aliphatic rings. The fourth-order valence-electron chi connectivity index (χ4n) is 6.28. The number of likely N-dealkylation sites (tertiary alicyclic amines) is 2. The van der Waals surface area contributed by atoms with Gasteiger partial charge in [-0.25, -0.2) is 4.79 Å². The number of nitrogens with two attached hydrogens (primary N) is 2. The molecule has 0 unspecified atom stereocenters. The van der Waals surface area contributed by atoms with Gasteiger partial charge in [-0.3, -0.25) is 28.8 Å². The highest BCUT2D eigenvalue weighted by Gasteiger charge is 2.43. The number of benzene rings is 1. The summed E-state index contributed by atoms with van der Waals surface area (Å²) in [5.41, 5.74) is 11.6. The first-order valence-corrected chi connectivity index (χ1v) is 17.3. The molecule has 10 N–H and O–H groups in total. The van der Waals surface area contributed by atoms with E-state index in [-0.39, 0.29) is 56.9 Å². The van der Waals surface area contributed by atoms with Gasteiger partial charge in [0.05, 0.1) is 6.10 Å². The van der Waals surface area contributed by atoms with Crippen LogP contribution >= 0.6 is 0 Å². The first kappa shape index (κ1) is 40.7. The van der Waals surface area contributed by atoms with E-state index in [0.717, 1.165) is 0 Å². The van der Waals surface area contributed by atoms with E-state index in [9.17, 15) is 48.9 Å². The Morgan fingerprint density at radius 1 is 0.863 bits per heavy atom. The standard InChI is InChI=1S/C34H51N7O10/c1-4-18(2)28(33(49)41-16-6-7-24(41)29(45)38-23(34(50)51)17-20-9-11-21(43)12-10-20)39-30(46)25-8-5-15-40(25)32(48)22(13-14-26(35)44)37-31(47)27(36)19(3)42/h9-12,18-19,22-25,27-28,42-43H,4-8,13-17,36H2,1-3H3,(H2,35,44)(H,37,47)(H,38,45)(H,39,46)(H,50,51)/t18-,19+,22-,23-,24-,25-,27-,28-/m0/s1. The summed E-state index contributed by atoms with van der Waals surface area (Å²) in [5.74, 6) is -5.60. The molecule has 0 bridgehead atoms. The highest BCUT2D eigenvalue weighted by atomic mass is 16.4. The second kappa shape index (κ2) is 18.5. The van der Waals surface area contributed by atoms with E-state index in [0.29, 0.717) is 24.8 Å². The zero-order valence-electron chi connectivity index (χ0n) is 29.2. The third-order valence-electron chi connectivity index (χ3n) is 9.56. The fraction of sp³-hybridized carbons (Fsp3) is 0.618. The van der Waals surface area contributed by atoms with Crippen LogP contribution in [0.15, 0.2) is 24.3 Å². The number of aliphatic hydroxyl groups is 1. The van der Waals surface area contributed by atoms with Crippen LogP contribution in [0.4, 0.5) is 0 Å². The van der Waals surface area contributed by atoms with Gasteiger partial charge in [0.2, 0.25) is 35.4 Å². The molecule has 2 saturated heterocycles. The summed E-state index contributed by atoms with van der Waals surface area (Å²) in [7, 11) is 0. The molecule has 0 radical (unpaired) electrons. The van der Waals surface area contributed by atoms with E-state index in [1.807, 2.05) is 6.92 Å². The number of hydrogen-bond acceptors (Lipinski definition) is 10. The van der Waals surface area contributed by atoms with Gasteiger partial charge in [0, 0.05) is 25.9 Å². The lowest BCUT2D eigenvalue weighted by molar-refractivity contribution is -0.146. The number of carboxylic acid groups (broad SMARTS) is 1. The van der Waals surface area contributed by atoms with Gasteiger partial charge in [-0.1, -0.05) is 32.4 Å². The smallest absolute Gasteiger partial charge is 0.326 e. The van der Waals surface area contributed by atoms with Gasteiger partial charge in [0.25, 0.3) is 0 Å². The minimum atomic E-state index is -1.35. The second-order valence-electron chi connectivity index (χ2n) is 13.4. The van der Waals surface area contributed by atoms with Gasteiger partial charge >= 0.3 is 5.97 Å². The number of hydrogen-bond donors (Lipinski definition) is 8. The molecule has 0 spiro atoms. The third kappa shape index (κ3) is 10.9. The van der Waals surface area contributed by atoms with E-state index in [1.54, 1.807) is 19.1 Å². The van der Waals surface area contributed by atoms with Gasteiger partial charge in [0.15, 0.2) is 0 Å². The lowest BCUT2D eigenvalue weighted by atomic mass is 9.96. The Morgan fingerprint density at radius 3 is 1.92 bits per heavy atom. The molecule has 2 aliphatic heterocycles. The van der Waals surface area contributed by atoms with E-state index >= 15 is 0 Å². The van der Waals surface area contributed by atoms with E-state index in [1.165, 1.54) is 28.9 Å². The van der Waals surface area contributed by atoms with Gasteiger partial charge in [-0.2, -0.15) is 0 Å². The molecule has 51 heavy (non-hydrogen) atoms. The highest BCUT2D eigenvalue weighted by molar-refractivity contribution is 5.97. The molecular formula is C34H51N7O10. The summed E-state index contributed by atoms with van der Waals surface area (Å²) in [6.45, 7) is 5.28. The Hall–Kier alpha value is -4.77. The lowest BCUT2D eigenvalue weighted by Gasteiger charge is -2.34. The van der Waals surface area contributed by atoms with E-state index < -0.39 is 83.8 Å². The quantitative estimate of drug-likeness (QED) is 0.0916. The number of carbonyl (C=O) groups excluding carboxylic acids is 6. The van der Waals surface area contributed by atoms with Crippen LogP contribution in [0.5, 0.6) is 5.75 Å². The lowest BCUT2D eigenvalue weighted by Crippen LogP contribution is -2.60. The van der Waals surface area contributed by atoms with Crippen molar-refractivity contribution in [2.45, 2.75) is 114 Å². The molecule has 0 aliphatic carbocycles. The van der Waals surface area contributed by atoms with Crippen molar-refractivity contribution in [2.24, 2.45) is 17.4 Å². The van der Waals surface area contributed by atoms with Crippen molar-refractivity contribution in [1.29, 1.82) is 0 Å². The number of aromatic hydroxyl groups is 1. The Morgan fingerprint density at radius 2 is 1.41 bits per heavy atom. The number of phenols is 1. The maximum Gasteiger partial charge on any atom is 0.326 e. The van der Waals surface area contributed by atoms with Gasteiger partial charge < -0.3 is 52.5 Å². The topological polar surface area (TPSA) is 275 Å². The summed E-state index contributed by atoms with van der Waals surface area (Å²) >= 11 is 0. The summed E-state index contributed by atoms with van der Waals surface area (Å²) < 4.78 is 0. The molecule has 282 valence electrons. The molecule has 0 aromatic heterocycles. The third-order valence-corrected chi connectivity index (χ3v) is 9.56. The van der Waals surface area contributed by atoms with Crippen LogP contribution in [-0.2, 0) is 40.0 Å². The van der Waals surface area contributed by atoms with Crippen LogP contribution in [0.2, 0.25) is 0 Å². The molecule has 2 heterocycles. The van der Waals surface area contributed by atoms with E-state index in [2.05, 4.69) is 16.0 Å². The first-order chi connectivity index (χ1) is 24.0. The number of phenolic OH excluding ortho intramolecular Hbond substituents is 1. The number of primary amides is 1. The summed E-state index contributed by atoms with van der Waals surface area (Å²) in [5, 5.41) is 36.9. The van der Waals surface area contributed by atoms with Crippen molar-refractivity contribution in [3.05, 3.63) is 29.8 Å². The Bertz CT molecular complexity index is 1440. The number of carbonyl (C=O) groups is 7. The van der Waals surface area contributed by atoms with Crippen LogP contribution in [0.3, 0.4) is 0 Å². The molecular weight excluding hydrogens is 666 g/mol. The molecule has 6 amide bonds. The van der Waals surface area contributed by atoms with Crippen molar-refractivity contribution in [1.82, 2.24) is 25.8 Å². The number of rotatable bonds is 17. The van der Waals surface area contributed by atoms with Crippen molar-refractivity contribution >= 4 is 41.4 Å². The number of carboxylic acids is 1. The summed E-state index contributed by atoms with van der Waals surface area (Å²) in [4.78, 5) is 93.8. The van der Waals surface area contributed by atoms with Crippen molar-refractivity contribution in [2.75, 3.05) is 13.1 Å². The number of amides is 6. The number of nitrogens with one attached hydrogen (secondary N) is 3. The van der Waals surface area contributed by atoms with Gasteiger partial charge in [-0.15, -0.1) is 0 Å². The van der Waals surface area contributed by atoms with Crippen LogP contribution in [-0.4, -0.2) is 122 Å². The predicted octanol–water partition coefficient (Wildman–Crippen LogP) is -1.52. The zero-order chi connectivity index (χ0) is 38.0. The van der Waals surface area contributed by atoms with Crippen molar-refractivity contribution in [3.8, 4) is 5.75 Å². The minimum Gasteiger partial charge on any atom is -0.508 e. The fourth-order valence-corrected chi connectivity index (χ4v) is 6.28. The SMILES string of the molecule is CC[C@H](C)[C@H](NC(=O)[C@@H]1CCCN1C(=O)[C@H](CCC(N)=O)NC(=O)[C@@H](N)[C@@H](C)O)C(=O)N1CCC[C@H]1C(=O)N[C@@H](Cc1ccc(O)cc1)C(=O)O. The normalized spacial score (nSPS) is 20.7. The molecule has 1 aromatic rings. The highest BCUT2D eigenvalue weighted by Crippen LogP contribution is 2.24. The average Bonchev–Trinajstić information content (AvgIpc) is 3.79. The van der Waals surface area contributed by atoms with Crippen LogP contribution in [0, 0.1) is 5.92 Å². The Labute approximate surface area is 296 Å². The van der Waals surface area contributed by atoms with Crippen molar-refractivity contribution in [3.63, 3.8) is 0 Å². The second-order valence-corrected chi connectivity index (χ2v) is 13.4. The molecule has 1 aromatic carbocycles. The number of aliphatic carboxylic acids is 1. The maximum absolute atomic E-state index is 14.1. The molecule has 3 rings (SSSR count). The predicted molar refractivity (Wildman–Crippen MR) is 182 cm³/mol. The molecule has 17 heteroatoms. The van der Waals surface area contributed by atoms with Gasteiger partial charge in [0.1, 0.15) is 42.0 Å². The summed E-state index contributed by atoms with van der Waals surface area (Å²) in [6, 6.07) is -1.05. The Kier molecular flexibility index (Phi) is 14.7. The van der Waals surface area contributed by atoms with Crippen LogP contribution < -0.4 is 27.4 Å². The van der Waals surface area contributed by atoms with Gasteiger partial charge in [-0.05, 0) is 62.6 Å². The molecule has 2 fully saturated rings. The first-order valence-electron chi connectivity index (χ1n) is 17.3. The Balaban J connectivity index is 1.75. The average molecular weight is 718 g/mol. The van der Waals surface area contributed by atoms with Crippen LogP contribution in [0.25, 0.3) is 0 Å². The largest absolute Gasteiger partial charge is 0.508 e. The monoisotopic (exact) mass is 717 g/mol. The maximum atomic E-state index is 14.1. The number of aliphatic hydroxyl groups excluding tert-OH is 1. The van der Waals surface area contributed by atoms with E-state index in [4.69, 9.17) is 11.5 Å². The molecule has 8 atom stereocenters. The zero-order valence-corrected chi connectivity index (χ0v) is 29.2. The minimum absolute atomic E-state index is 0.0111. The molecule has 0 saturated carbocycles. The van der Waals surface area contributed by atoms with Crippen molar-refractivity contribution < 1.29 is 48.9 Å².